The second kappa shape index (κ2) is 6.11. The Balaban J connectivity index is 2.20. The van der Waals surface area contributed by atoms with Gasteiger partial charge < -0.3 is 14.9 Å². The van der Waals surface area contributed by atoms with Gasteiger partial charge in [-0.05, 0) is 73.8 Å². The molecule has 2 N–H and O–H groups in total. The minimum atomic E-state index is -1.06. The fourth-order valence-electron chi connectivity index (χ4n) is 4.46. The summed E-state index contributed by atoms with van der Waals surface area (Å²) >= 11 is 0. The molecule has 24 heavy (non-hydrogen) atoms. The molecular formula is C19H24O5. The minimum Gasteiger partial charge on any atom is -0.496 e. The first-order valence-electron chi connectivity index (χ1n) is 8.55. The van der Waals surface area contributed by atoms with E-state index in [1.807, 2.05) is 6.07 Å². The molecule has 2 aliphatic carbocycles. The smallest absolute Gasteiger partial charge is 0.309 e. The number of carboxylic acids is 2. The summed E-state index contributed by atoms with van der Waals surface area (Å²) in [6, 6.07) is 1.91. The molecule has 0 heterocycles. The number of ether oxygens (including phenoxy) is 1. The van der Waals surface area contributed by atoms with Gasteiger partial charge in [-0.2, -0.15) is 0 Å². The Labute approximate surface area is 141 Å². The Bertz CT molecular complexity index is 693. The molecule has 0 spiro atoms. The average Bonchev–Trinajstić information content (AvgIpc) is 2.56. The topological polar surface area (TPSA) is 83.8 Å². The van der Waals surface area contributed by atoms with Crippen LogP contribution >= 0.6 is 0 Å². The van der Waals surface area contributed by atoms with Gasteiger partial charge in [0.1, 0.15) is 5.75 Å². The Morgan fingerprint density at radius 2 is 1.83 bits per heavy atom. The van der Waals surface area contributed by atoms with Crippen LogP contribution in [0.1, 0.15) is 60.8 Å². The number of hydrogen-bond donors (Lipinski definition) is 2. The lowest BCUT2D eigenvalue weighted by Crippen LogP contribution is -2.40. The summed E-state index contributed by atoms with van der Waals surface area (Å²) in [6.07, 6.45) is 5.20. The van der Waals surface area contributed by atoms with E-state index in [4.69, 9.17) is 4.74 Å². The van der Waals surface area contributed by atoms with Gasteiger partial charge in [-0.25, -0.2) is 0 Å². The molecule has 0 saturated heterocycles. The van der Waals surface area contributed by atoms with Crippen LogP contribution in [0.25, 0.3) is 0 Å². The van der Waals surface area contributed by atoms with Crippen LogP contribution < -0.4 is 4.74 Å². The highest BCUT2D eigenvalue weighted by molar-refractivity contribution is 5.79. The van der Waals surface area contributed by atoms with Crippen molar-refractivity contribution in [2.45, 2.75) is 57.8 Å². The maximum absolute atomic E-state index is 11.9. The third-order valence-electron chi connectivity index (χ3n) is 5.89. The maximum Gasteiger partial charge on any atom is 0.309 e. The van der Waals surface area contributed by atoms with E-state index < -0.39 is 23.3 Å². The zero-order chi connectivity index (χ0) is 17.5. The quantitative estimate of drug-likeness (QED) is 0.885. The largest absolute Gasteiger partial charge is 0.496 e. The second-order valence-electron chi connectivity index (χ2n) is 7.18. The summed E-state index contributed by atoms with van der Waals surface area (Å²) < 4.78 is 5.57. The van der Waals surface area contributed by atoms with Crippen molar-refractivity contribution in [3.05, 3.63) is 28.3 Å². The monoisotopic (exact) mass is 332 g/mol. The molecule has 0 aliphatic heterocycles. The molecule has 2 atom stereocenters. The Hall–Kier alpha value is -2.04. The fourth-order valence-corrected chi connectivity index (χ4v) is 4.46. The van der Waals surface area contributed by atoms with E-state index in [1.54, 1.807) is 14.0 Å². The first-order chi connectivity index (χ1) is 11.4. The molecule has 0 radical (unpaired) electrons. The number of carbonyl (C=O) groups is 2. The first-order valence-corrected chi connectivity index (χ1v) is 8.55. The molecule has 0 aromatic heterocycles. The number of fused-ring (bicyclic) bond motifs is 3. The van der Waals surface area contributed by atoms with Crippen LogP contribution in [-0.2, 0) is 28.9 Å². The van der Waals surface area contributed by atoms with Crippen molar-refractivity contribution in [2.24, 2.45) is 5.41 Å². The van der Waals surface area contributed by atoms with E-state index in [-0.39, 0.29) is 6.42 Å². The van der Waals surface area contributed by atoms with Crippen LogP contribution in [0.3, 0.4) is 0 Å². The van der Waals surface area contributed by atoms with Crippen LogP contribution in [0.2, 0.25) is 0 Å². The van der Waals surface area contributed by atoms with Crippen molar-refractivity contribution in [1.82, 2.24) is 0 Å². The predicted molar refractivity (Wildman–Crippen MR) is 88.7 cm³/mol. The number of rotatable bonds is 4. The Kier molecular flexibility index (Phi) is 4.28. The van der Waals surface area contributed by atoms with Crippen molar-refractivity contribution in [1.29, 1.82) is 0 Å². The third kappa shape index (κ3) is 2.56. The third-order valence-corrected chi connectivity index (χ3v) is 5.89. The predicted octanol–water partition coefficient (Wildman–Crippen LogP) is 3.17. The average molecular weight is 332 g/mol. The summed E-state index contributed by atoms with van der Waals surface area (Å²) in [5.74, 6) is -1.63. The molecule has 0 amide bonds. The zero-order valence-electron chi connectivity index (χ0n) is 14.2. The van der Waals surface area contributed by atoms with Gasteiger partial charge in [0.2, 0.25) is 0 Å². The van der Waals surface area contributed by atoms with Crippen LogP contribution in [0, 0.1) is 5.41 Å². The molecule has 5 heteroatoms. The van der Waals surface area contributed by atoms with E-state index >= 15 is 0 Å². The maximum atomic E-state index is 11.9. The Morgan fingerprint density at radius 1 is 1.17 bits per heavy atom. The second-order valence-corrected chi connectivity index (χ2v) is 7.18. The lowest BCUT2D eigenvalue weighted by Gasteiger charge is -2.41. The number of carboxylic acid groups (broad SMARTS) is 2. The molecular weight excluding hydrogens is 308 g/mol. The van der Waals surface area contributed by atoms with Gasteiger partial charge in [-0.3, -0.25) is 9.59 Å². The van der Waals surface area contributed by atoms with E-state index in [2.05, 4.69) is 0 Å². The van der Waals surface area contributed by atoms with Crippen molar-refractivity contribution in [3.8, 4) is 5.75 Å². The highest BCUT2D eigenvalue weighted by Gasteiger charge is 2.47. The van der Waals surface area contributed by atoms with Crippen molar-refractivity contribution < 1.29 is 24.5 Å². The van der Waals surface area contributed by atoms with E-state index in [1.165, 1.54) is 16.7 Å². The van der Waals surface area contributed by atoms with Gasteiger partial charge in [-0.15, -0.1) is 0 Å². The summed E-state index contributed by atoms with van der Waals surface area (Å²) in [5.41, 5.74) is 3.50. The molecule has 0 unspecified atom stereocenters. The molecule has 0 saturated carbocycles. The fraction of sp³-hybridized carbons (Fsp3) is 0.579. The number of aliphatic carboxylic acids is 2. The molecule has 2 aliphatic rings. The van der Waals surface area contributed by atoms with Crippen LogP contribution in [0.4, 0.5) is 0 Å². The van der Waals surface area contributed by atoms with Crippen molar-refractivity contribution in [3.63, 3.8) is 0 Å². The van der Waals surface area contributed by atoms with E-state index in [0.717, 1.165) is 37.0 Å². The molecule has 3 rings (SSSR count). The van der Waals surface area contributed by atoms with Gasteiger partial charge in [0.15, 0.2) is 0 Å². The Morgan fingerprint density at radius 3 is 2.42 bits per heavy atom. The summed E-state index contributed by atoms with van der Waals surface area (Å²) in [6.45, 7) is 1.68. The van der Waals surface area contributed by atoms with Gasteiger partial charge in [0.25, 0.3) is 0 Å². The first kappa shape index (κ1) is 16.8. The number of benzene rings is 1. The van der Waals surface area contributed by atoms with E-state index in [0.29, 0.717) is 12.8 Å². The number of hydrogen-bond acceptors (Lipinski definition) is 3. The van der Waals surface area contributed by atoms with Crippen molar-refractivity contribution in [2.75, 3.05) is 7.11 Å². The SMILES string of the molecule is COc1cc2c(c3c1CCCC3)CC[C@@](C)(C(=O)O)[C@@H]2CC(=O)O. The van der Waals surface area contributed by atoms with Gasteiger partial charge in [-0.1, -0.05) is 0 Å². The summed E-state index contributed by atoms with van der Waals surface area (Å²) in [5, 5.41) is 19.1. The molecule has 1 aromatic carbocycles. The van der Waals surface area contributed by atoms with Crippen LogP contribution in [0.15, 0.2) is 6.07 Å². The van der Waals surface area contributed by atoms with Gasteiger partial charge in [0.05, 0.1) is 18.9 Å². The van der Waals surface area contributed by atoms with Gasteiger partial charge in [0, 0.05) is 5.92 Å². The molecule has 0 fully saturated rings. The standard InChI is InChI=1S/C19H24O5/c1-19(18(22)23)8-7-12-11-5-3-4-6-13(11)16(24-2)9-14(12)15(19)10-17(20)21/h9,15H,3-8,10H2,1-2H3,(H,20,21)(H,22,23)/t15-,19-/m1/s1. The highest BCUT2D eigenvalue weighted by atomic mass is 16.5. The zero-order valence-corrected chi connectivity index (χ0v) is 14.2. The lowest BCUT2D eigenvalue weighted by molar-refractivity contribution is -0.151. The molecule has 130 valence electrons. The van der Waals surface area contributed by atoms with E-state index in [9.17, 15) is 19.8 Å². The van der Waals surface area contributed by atoms with Crippen LogP contribution in [0.5, 0.6) is 5.75 Å². The lowest BCUT2D eigenvalue weighted by atomic mass is 9.62. The molecule has 0 bridgehead atoms. The summed E-state index contributed by atoms with van der Waals surface area (Å²) in [4.78, 5) is 23.3. The summed E-state index contributed by atoms with van der Waals surface area (Å²) in [7, 11) is 1.63. The highest BCUT2D eigenvalue weighted by Crippen LogP contribution is 2.51. The van der Waals surface area contributed by atoms with Crippen molar-refractivity contribution >= 4 is 11.9 Å². The minimum absolute atomic E-state index is 0.169. The van der Waals surface area contributed by atoms with Gasteiger partial charge >= 0.3 is 11.9 Å². The molecule has 1 aromatic rings. The number of methoxy groups -OCH3 is 1. The van der Waals surface area contributed by atoms with Crippen LogP contribution in [-0.4, -0.2) is 29.3 Å². The normalized spacial score (nSPS) is 25.5. The molecule has 5 nitrogen and oxygen atoms in total.